The van der Waals surface area contributed by atoms with Crippen LogP contribution in [0.1, 0.15) is 10.8 Å². The number of hydrogen-bond donors (Lipinski definition) is 1. The lowest BCUT2D eigenvalue weighted by Gasteiger charge is -2.20. The molecule has 3 nitrogen and oxygen atoms in total. The van der Waals surface area contributed by atoms with Gasteiger partial charge in [-0.1, -0.05) is 59.9 Å². The molecular weight excluding hydrogens is 428 g/mol. The molecule has 0 aliphatic heterocycles. The molecular formula is C9H9Br3O3S. The molecule has 90 valence electrons. The zero-order valence-electron chi connectivity index (χ0n) is 8.19. The summed E-state index contributed by atoms with van der Waals surface area (Å²) < 4.78 is 26.6. The van der Waals surface area contributed by atoms with Crippen molar-refractivity contribution in [3.63, 3.8) is 0 Å². The van der Waals surface area contributed by atoms with E-state index < -0.39 is 18.1 Å². The number of hydrogen-bond acceptors (Lipinski definition) is 3. The van der Waals surface area contributed by atoms with Crippen molar-refractivity contribution in [2.45, 2.75) is 7.39 Å². The van der Waals surface area contributed by atoms with Crippen molar-refractivity contribution in [1.82, 2.24) is 0 Å². The van der Waals surface area contributed by atoms with E-state index in [2.05, 4.69) is 47.8 Å². The average molecular weight is 437 g/mol. The van der Waals surface area contributed by atoms with Gasteiger partial charge in [0.15, 0.2) is 2.14 Å². The summed E-state index contributed by atoms with van der Waals surface area (Å²) in [7, 11) is -1.06. The molecule has 0 bridgehead atoms. The summed E-state index contributed by atoms with van der Waals surface area (Å²) in [4.78, 5) is 0. The Hall–Kier alpha value is 0.410. The summed E-state index contributed by atoms with van der Waals surface area (Å²) >= 11 is 9.71. The van der Waals surface area contributed by atoms with Crippen LogP contribution in [0.15, 0.2) is 24.3 Å². The molecule has 1 atom stereocenters. The molecule has 0 radical (unpaired) electrons. The molecule has 1 rings (SSSR count). The summed E-state index contributed by atoms with van der Waals surface area (Å²) in [5, 5.41) is -0.714. The first-order valence-electron chi connectivity index (χ1n) is 4.20. The lowest BCUT2D eigenvalue weighted by Crippen LogP contribution is -2.16. The highest BCUT2D eigenvalue weighted by Crippen LogP contribution is 2.47. The Morgan fingerprint density at radius 2 is 1.69 bits per heavy atom. The van der Waals surface area contributed by atoms with E-state index in [9.17, 15) is 8.42 Å². The van der Waals surface area contributed by atoms with E-state index >= 15 is 0 Å². The molecule has 0 spiro atoms. The second-order valence-electron chi connectivity index (χ2n) is 3.00. The molecule has 1 aromatic rings. The maximum atomic E-state index is 11.2. The van der Waals surface area contributed by atoms with E-state index in [0.29, 0.717) is 11.3 Å². The van der Waals surface area contributed by atoms with E-state index in [1.54, 1.807) is 31.4 Å². The van der Waals surface area contributed by atoms with Gasteiger partial charge in [-0.2, -0.15) is 0 Å². The Morgan fingerprint density at radius 3 is 2.00 bits per heavy atom. The third kappa shape index (κ3) is 3.72. The minimum absolute atomic E-state index is 0.669. The van der Waals surface area contributed by atoms with Crippen LogP contribution in [0, 0.1) is 0 Å². The number of benzene rings is 1. The maximum Gasteiger partial charge on any atom is 0.155 e. The van der Waals surface area contributed by atoms with Crippen LogP contribution in [0.3, 0.4) is 0 Å². The predicted octanol–water partition coefficient (Wildman–Crippen LogP) is 3.19. The van der Waals surface area contributed by atoms with Gasteiger partial charge in [0.25, 0.3) is 0 Å². The van der Waals surface area contributed by atoms with Gasteiger partial charge in [-0.3, -0.25) is 0 Å². The molecule has 0 heterocycles. The third-order valence-electron chi connectivity index (χ3n) is 1.95. The fraction of sp³-hybridized carbons (Fsp3) is 0.333. The van der Waals surface area contributed by atoms with E-state index in [1.165, 1.54) is 0 Å². The van der Waals surface area contributed by atoms with Gasteiger partial charge in [0, 0.05) is 0 Å². The molecule has 0 fully saturated rings. The highest BCUT2D eigenvalue weighted by Gasteiger charge is 2.34. The standard InChI is InChI=1S/C9H9Br3O3S/c1-15-7-4-2-6(3-5-7)8(16(13)14)9(10,11)12/h2-5,8,16H,1H3. The van der Waals surface area contributed by atoms with Crippen molar-refractivity contribution in [2.24, 2.45) is 0 Å². The summed E-state index contributed by atoms with van der Waals surface area (Å²) in [6.45, 7) is 0. The van der Waals surface area contributed by atoms with Crippen LogP contribution < -0.4 is 4.74 Å². The van der Waals surface area contributed by atoms with E-state index in [-0.39, 0.29) is 0 Å². The van der Waals surface area contributed by atoms with Crippen LogP contribution >= 0.6 is 47.8 Å². The molecule has 0 aliphatic rings. The Labute approximate surface area is 121 Å². The summed E-state index contributed by atoms with van der Waals surface area (Å²) in [6, 6.07) is 6.88. The highest BCUT2D eigenvalue weighted by atomic mass is 80.0. The molecule has 1 unspecified atom stereocenters. The molecule has 0 saturated carbocycles. The number of ether oxygens (including phenoxy) is 1. The monoisotopic (exact) mass is 434 g/mol. The lowest BCUT2D eigenvalue weighted by molar-refractivity contribution is 0.414. The van der Waals surface area contributed by atoms with E-state index in [4.69, 9.17) is 4.74 Å². The van der Waals surface area contributed by atoms with E-state index in [1.807, 2.05) is 0 Å². The van der Waals surface area contributed by atoms with Crippen molar-refractivity contribution >= 4 is 58.5 Å². The first-order valence-corrected chi connectivity index (χ1v) is 7.83. The molecule has 0 N–H and O–H groups in total. The van der Waals surface area contributed by atoms with Gasteiger partial charge in [-0.05, 0) is 17.7 Å². The van der Waals surface area contributed by atoms with Gasteiger partial charge >= 0.3 is 0 Å². The zero-order chi connectivity index (χ0) is 12.3. The third-order valence-corrected chi connectivity index (χ3v) is 5.49. The minimum atomic E-state index is -2.62. The lowest BCUT2D eigenvalue weighted by atomic mass is 10.1. The Morgan fingerprint density at radius 1 is 1.19 bits per heavy atom. The molecule has 1 aromatic carbocycles. The predicted molar refractivity (Wildman–Crippen MR) is 75.6 cm³/mol. The van der Waals surface area contributed by atoms with Crippen molar-refractivity contribution in [2.75, 3.05) is 7.11 Å². The summed E-state index contributed by atoms with van der Waals surface area (Å²) in [5.74, 6) is 0.688. The highest BCUT2D eigenvalue weighted by molar-refractivity contribution is 9.39. The molecule has 7 heteroatoms. The topological polar surface area (TPSA) is 43.4 Å². The Balaban J connectivity index is 3.12. The van der Waals surface area contributed by atoms with Gasteiger partial charge in [-0.15, -0.1) is 0 Å². The van der Waals surface area contributed by atoms with Crippen LogP contribution in [-0.4, -0.2) is 17.7 Å². The average Bonchev–Trinajstić information content (AvgIpc) is 2.16. The molecule has 0 aromatic heterocycles. The number of halogens is 3. The van der Waals surface area contributed by atoms with Crippen LogP contribution in [0.25, 0.3) is 0 Å². The normalized spacial score (nSPS) is 13.8. The summed E-state index contributed by atoms with van der Waals surface area (Å²) in [5.41, 5.74) is 0.669. The molecule has 16 heavy (non-hydrogen) atoms. The fourth-order valence-electron chi connectivity index (χ4n) is 1.22. The van der Waals surface area contributed by atoms with Crippen molar-refractivity contribution in [3.8, 4) is 5.75 Å². The SMILES string of the molecule is COc1ccc(C([SH](=O)=O)C(Br)(Br)Br)cc1. The first-order chi connectivity index (χ1) is 7.36. The summed E-state index contributed by atoms with van der Waals surface area (Å²) in [6.07, 6.45) is 0. The van der Waals surface area contributed by atoms with Crippen LogP contribution in [0.2, 0.25) is 0 Å². The molecule has 0 aliphatic carbocycles. The maximum absolute atomic E-state index is 11.2. The number of thiol groups is 1. The van der Waals surface area contributed by atoms with Crippen LogP contribution in [0.4, 0.5) is 0 Å². The van der Waals surface area contributed by atoms with Crippen molar-refractivity contribution < 1.29 is 13.2 Å². The molecule has 0 amide bonds. The van der Waals surface area contributed by atoms with Gasteiger partial charge < -0.3 is 4.74 Å². The van der Waals surface area contributed by atoms with Gasteiger partial charge in [0.2, 0.25) is 0 Å². The second kappa shape index (κ2) is 5.84. The van der Waals surface area contributed by atoms with Gasteiger partial charge in [0.05, 0.1) is 7.11 Å². The molecule has 0 saturated heterocycles. The smallest absolute Gasteiger partial charge is 0.155 e. The van der Waals surface area contributed by atoms with Crippen LogP contribution in [0.5, 0.6) is 5.75 Å². The number of methoxy groups -OCH3 is 1. The number of rotatable bonds is 3. The Bertz CT molecular complexity index is 415. The van der Waals surface area contributed by atoms with Crippen LogP contribution in [-0.2, 0) is 10.7 Å². The minimum Gasteiger partial charge on any atom is -0.497 e. The zero-order valence-corrected chi connectivity index (χ0v) is 13.8. The fourth-order valence-corrected chi connectivity index (χ4v) is 4.17. The number of alkyl halides is 3. The van der Waals surface area contributed by atoms with Crippen molar-refractivity contribution in [3.05, 3.63) is 29.8 Å². The van der Waals surface area contributed by atoms with Crippen molar-refractivity contribution in [1.29, 1.82) is 0 Å². The quantitative estimate of drug-likeness (QED) is 0.584. The van der Waals surface area contributed by atoms with Gasteiger partial charge in [0.1, 0.15) is 21.7 Å². The Kier molecular flexibility index (Phi) is 5.28. The first kappa shape index (κ1) is 14.5. The van der Waals surface area contributed by atoms with Gasteiger partial charge in [-0.25, -0.2) is 8.42 Å². The second-order valence-corrected chi connectivity index (χ2v) is 11.0. The van der Waals surface area contributed by atoms with E-state index in [0.717, 1.165) is 0 Å². The largest absolute Gasteiger partial charge is 0.497 e.